The van der Waals surface area contributed by atoms with Crippen LogP contribution >= 0.6 is 23.4 Å². The maximum absolute atomic E-state index is 14.1. The summed E-state index contributed by atoms with van der Waals surface area (Å²) >= 11 is 7.59. The number of hydrogen-bond donors (Lipinski definition) is 2. The van der Waals surface area contributed by atoms with Gasteiger partial charge in [0.2, 0.25) is 11.8 Å². The van der Waals surface area contributed by atoms with Crippen molar-refractivity contribution in [3.05, 3.63) is 65.2 Å². The first-order chi connectivity index (χ1) is 17.4. The molecule has 3 heterocycles. The molecule has 36 heavy (non-hydrogen) atoms. The highest BCUT2D eigenvalue weighted by Gasteiger charge is 2.74. The van der Waals surface area contributed by atoms with Crippen LogP contribution in [-0.4, -0.2) is 63.1 Å². The lowest BCUT2D eigenvalue weighted by atomic mass is 9.71. The fraction of sp³-hybridized carbons (Fsp3) is 0.444. The number of aliphatic hydroxyl groups is 1. The highest BCUT2D eigenvalue weighted by molar-refractivity contribution is 8.02. The highest BCUT2D eigenvalue weighted by Crippen LogP contribution is 2.66. The van der Waals surface area contributed by atoms with Gasteiger partial charge in [0.05, 0.1) is 35.8 Å². The van der Waals surface area contributed by atoms with Gasteiger partial charge in [0.25, 0.3) is 0 Å². The predicted octanol–water partition coefficient (Wildman–Crippen LogP) is 3.54. The largest absolute Gasteiger partial charge is 0.466 e. The monoisotopic (exact) mass is 528 g/mol. The summed E-state index contributed by atoms with van der Waals surface area (Å²) in [7, 11) is 0. The normalized spacial score (nSPS) is 29.2. The van der Waals surface area contributed by atoms with Gasteiger partial charge in [-0.15, -0.1) is 11.8 Å². The Hall–Kier alpha value is -2.55. The number of likely N-dealkylation sites (tertiary alicyclic amines) is 1. The van der Waals surface area contributed by atoms with Gasteiger partial charge in [0.1, 0.15) is 6.04 Å². The van der Waals surface area contributed by atoms with E-state index in [1.54, 1.807) is 47.9 Å². The van der Waals surface area contributed by atoms with Gasteiger partial charge in [-0.05, 0) is 56.0 Å². The summed E-state index contributed by atoms with van der Waals surface area (Å²) < 4.78 is 4.62. The maximum atomic E-state index is 14.1. The average Bonchev–Trinajstić information content (AvgIpc) is 3.52. The number of anilines is 1. The van der Waals surface area contributed by atoms with Gasteiger partial charge in [0.15, 0.2) is 0 Å². The van der Waals surface area contributed by atoms with Crippen molar-refractivity contribution in [1.82, 2.24) is 4.90 Å². The number of nitrogens with one attached hydrogen (secondary N) is 1. The van der Waals surface area contributed by atoms with Crippen LogP contribution in [0.1, 0.15) is 25.3 Å². The molecule has 3 aliphatic heterocycles. The van der Waals surface area contributed by atoms with E-state index in [2.05, 4.69) is 5.32 Å². The number of fused-ring (bicyclic) bond motifs is 1. The van der Waals surface area contributed by atoms with Crippen LogP contribution in [-0.2, 0) is 25.5 Å². The molecule has 2 aromatic rings. The van der Waals surface area contributed by atoms with Crippen LogP contribution in [0.15, 0.2) is 54.6 Å². The van der Waals surface area contributed by atoms with E-state index in [4.69, 9.17) is 16.3 Å². The van der Waals surface area contributed by atoms with Crippen LogP contribution in [0.3, 0.4) is 0 Å². The van der Waals surface area contributed by atoms with Gasteiger partial charge < -0.3 is 20.1 Å². The first-order valence-electron chi connectivity index (χ1n) is 12.3. The van der Waals surface area contributed by atoms with Crippen molar-refractivity contribution in [3.8, 4) is 0 Å². The smallest absolute Gasteiger partial charge is 0.310 e. The van der Waals surface area contributed by atoms with E-state index in [0.29, 0.717) is 23.6 Å². The Balaban J connectivity index is 1.53. The number of benzene rings is 2. The highest BCUT2D eigenvalue weighted by atomic mass is 35.5. The van der Waals surface area contributed by atoms with E-state index in [9.17, 15) is 19.5 Å². The summed E-state index contributed by atoms with van der Waals surface area (Å²) in [5.41, 5.74) is 1.52. The van der Waals surface area contributed by atoms with E-state index in [0.717, 1.165) is 12.0 Å². The number of halogens is 1. The van der Waals surface area contributed by atoms with Crippen molar-refractivity contribution >= 4 is 46.8 Å². The number of aliphatic hydroxyl groups excluding tert-OH is 1. The summed E-state index contributed by atoms with van der Waals surface area (Å²) in [6.07, 6.45) is 1.78. The van der Waals surface area contributed by atoms with Gasteiger partial charge in [-0.1, -0.05) is 41.9 Å². The van der Waals surface area contributed by atoms with Crippen molar-refractivity contribution in [1.29, 1.82) is 0 Å². The van der Waals surface area contributed by atoms with E-state index in [1.807, 2.05) is 30.3 Å². The van der Waals surface area contributed by atoms with Gasteiger partial charge in [0, 0.05) is 16.0 Å². The first kappa shape index (κ1) is 25.1. The predicted molar refractivity (Wildman–Crippen MR) is 139 cm³/mol. The number of hydrogen-bond acceptors (Lipinski definition) is 6. The average molecular weight is 529 g/mol. The quantitative estimate of drug-likeness (QED) is 0.509. The number of esters is 1. The van der Waals surface area contributed by atoms with Gasteiger partial charge in [-0.2, -0.15) is 0 Å². The van der Waals surface area contributed by atoms with Crippen LogP contribution in [0.4, 0.5) is 5.69 Å². The molecule has 2 bridgehead atoms. The van der Waals surface area contributed by atoms with E-state index < -0.39 is 28.7 Å². The summed E-state index contributed by atoms with van der Waals surface area (Å²) in [5, 5.41) is 13.9. The van der Waals surface area contributed by atoms with Crippen molar-refractivity contribution in [2.24, 2.45) is 11.8 Å². The lowest BCUT2D eigenvalue weighted by Gasteiger charge is -2.37. The molecular weight excluding hydrogens is 500 g/mol. The van der Waals surface area contributed by atoms with E-state index in [-0.39, 0.29) is 36.2 Å². The van der Waals surface area contributed by atoms with E-state index >= 15 is 0 Å². The number of rotatable bonds is 8. The summed E-state index contributed by atoms with van der Waals surface area (Å²) in [5.74, 6) is -2.21. The fourth-order valence-electron chi connectivity index (χ4n) is 6.17. The Labute approximate surface area is 219 Å². The third-order valence-corrected chi connectivity index (χ3v) is 9.78. The number of carbonyl (C=O) groups excluding carboxylic acids is 3. The molecule has 0 aliphatic carbocycles. The standard InChI is InChI=1S/C27H29ClN2O5S/c1-2-35-26(34)21-20-12-13-27(36-20)22(21)25(33)30(19(15-31)14-16-6-4-3-5-7-16)23(27)24(32)29-18-10-8-17(28)9-11-18/h3-11,19-23,31H,2,12-15H2,1H3,(H,29,32)/t19-,20+,21-,22+,23?,27?/m1/s1. The molecule has 2 amide bonds. The van der Waals surface area contributed by atoms with Crippen LogP contribution < -0.4 is 5.32 Å². The zero-order chi connectivity index (χ0) is 25.4. The summed E-state index contributed by atoms with van der Waals surface area (Å²) in [6.45, 7) is 1.69. The zero-order valence-corrected chi connectivity index (χ0v) is 21.5. The third-order valence-electron chi connectivity index (χ3n) is 7.58. The van der Waals surface area contributed by atoms with Gasteiger partial charge in [-0.3, -0.25) is 14.4 Å². The Morgan fingerprint density at radius 3 is 2.61 bits per heavy atom. The lowest BCUT2D eigenvalue weighted by Crippen LogP contribution is -2.55. The van der Waals surface area contributed by atoms with Crippen molar-refractivity contribution in [3.63, 3.8) is 0 Å². The molecule has 5 rings (SSSR count). The minimum atomic E-state index is -0.832. The molecule has 0 radical (unpaired) electrons. The molecule has 1 spiro atoms. The number of ether oxygens (including phenoxy) is 1. The Bertz CT molecular complexity index is 1150. The molecule has 0 aromatic heterocycles. The van der Waals surface area contributed by atoms with Crippen molar-refractivity contribution in [2.45, 2.75) is 48.3 Å². The minimum Gasteiger partial charge on any atom is -0.466 e. The van der Waals surface area contributed by atoms with E-state index in [1.165, 1.54) is 0 Å². The molecule has 2 N–H and O–H groups in total. The minimum absolute atomic E-state index is 0.0623. The van der Waals surface area contributed by atoms with Crippen LogP contribution in [0.2, 0.25) is 5.02 Å². The number of carbonyl (C=O) groups is 3. The summed E-state index contributed by atoms with van der Waals surface area (Å²) in [6, 6.07) is 15.0. The molecule has 190 valence electrons. The zero-order valence-electron chi connectivity index (χ0n) is 19.9. The third kappa shape index (κ3) is 4.19. The SMILES string of the molecule is CCOC(=O)[C@@H]1[C@@H]2CCC3(S2)C(C(=O)Nc2ccc(Cl)cc2)N([C@@H](CO)Cc2ccccc2)C(=O)[C@H]13. The molecule has 2 unspecified atom stereocenters. The molecule has 3 saturated heterocycles. The lowest BCUT2D eigenvalue weighted by molar-refractivity contribution is -0.154. The molecule has 0 saturated carbocycles. The van der Waals surface area contributed by atoms with Crippen molar-refractivity contribution in [2.75, 3.05) is 18.5 Å². The molecular formula is C27H29ClN2O5S. The Kier molecular flexibility index (Phi) is 7.03. The van der Waals surface area contributed by atoms with Crippen LogP contribution in [0.25, 0.3) is 0 Å². The molecule has 7 nitrogen and oxygen atoms in total. The molecule has 2 aromatic carbocycles. The van der Waals surface area contributed by atoms with Crippen LogP contribution in [0.5, 0.6) is 0 Å². The second-order valence-corrected chi connectivity index (χ2v) is 11.6. The molecule has 6 atom stereocenters. The maximum Gasteiger partial charge on any atom is 0.310 e. The molecule has 3 aliphatic rings. The Morgan fingerprint density at radius 1 is 1.22 bits per heavy atom. The van der Waals surface area contributed by atoms with Crippen molar-refractivity contribution < 1.29 is 24.2 Å². The fourth-order valence-corrected chi connectivity index (χ4v) is 8.49. The number of amides is 2. The molecule has 3 fully saturated rings. The molecule has 9 heteroatoms. The van der Waals surface area contributed by atoms with Crippen LogP contribution in [0, 0.1) is 11.8 Å². The Morgan fingerprint density at radius 2 is 1.94 bits per heavy atom. The first-order valence-corrected chi connectivity index (χ1v) is 13.5. The summed E-state index contributed by atoms with van der Waals surface area (Å²) in [4.78, 5) is 42.5. The second kappa shape index (κ2) is 10.1. The van der Waals surface area contributed by atoms with Gasteiger partial charge >= 0.3 is 5.97 Å². The topological polar surface area (TPSA) is 95.9 Å². The number of nitrogens with zero attached hydrogens (tertiary/aromatic N) is 1. The van der Waals surface area contributed by atoms with Gasteiger partial charge in [-0.25, -0.2) is 0 Å². The second-order valence-electron chi connectivity index (χ2n) is 9.58. The number of thioether (sulfide) groups is 1.